The number of aromatic amines is 1. The van der Waals surface area contributed by atoms with Gasteiger partial charge >= 0.3 is 0 Å². The van der Waals surface area contributed by atoms with E-state index in [1.165, 1.54) is 0 Å². The number of amidine groups is 1. The number of methoxy groups -OCH3 is 1. The normalized spacial score (nSPS) is 16.2. The highest BCUT2D eigenvalue weighted by molar-refractivity contribution is 8.15. The number of hydrogen-bond donors (Lipinski definition) is 3. The van der Waals surface area contributed by atoms with E-state index < -0.39 is 11.2 Å². The minimum Gasteiger partial charge on any atom is -0.497 e. The number of hydrogen-bond acceptors (Lipinski definition) is 7. The first-order valence-electron chi connectivity index (χ1n) is 8.98. The zero-order valence-corrected chi connectivity index (χ0v) is 16.6. The lowest BCUT2D eigenvalue weighted by atomic mass is 10.2. The van der Waals surface area contributed by atoms with Gasteiger partial charge in [-0.15, -0.1) is 10.2 Å². The highest BCUT2D eigenvalue weighted by Gasteiger charge is 2.31. The molecular formula is C20H17N5O4S. The minimum atomic E-state index is -0.672. The molecule has 1 aliphatic heterocycles. The van der Waals surface area contributed by atoms with Crippen molar-refractivity contribution >= 4 is 51.0 Å². The zero-order valence-electron chi connectivity index (χ0n) is 15.8. The molecule has 2 heterocycles. The average molecular weight is 423 g/mol. The van der Waals surface area contributed by atoms with Crippen LogP contribution in [0.1, 0.15) is 6.42 Å². The molecular weight excluding hydrogens is 406 g/mol. The van der Waals surface area contributed by atoms with Crippen molar-refractivity contribution in [3.05, 3.63) is 48.5 Å². The van der Waals surface area contributed by atoms with Crippen LogP contribution in [0, 0.1) is 0 Å². The number of benzene rings is 2. The van der Waals surface area contributed by atoms with Crippen molar-refractivity contribution in [1.82, 2.24) is 4.98 Å². The fourth-order valence-corrected chi connectivity index (χ4v) is 3.78. The van der Waals surface area contributed by atoms with Crippen molar-refractivity contribution in [1.29, 1.82) is 0 Å². The van der Waals surface area contributed by atoms with E-state index in [2.05, 4.69) is 25.5 Å². The number of anilines is 1. The van der Waals surface area contributed by atoms with Gasteiger partial charge in [-0.2, -0.15) is 4.99 Å². The molecule has 10 heteroatoms. The van der Waals surface area contributed by atoms with Crippen LogP contribution in [0.3, 0.4) is 0 Å². The third kappa shape index (κ3) is 4.18. The number of aromatic hydroxyl groups is 1. The molecule has 0 radical (unpaired) electrons. The minimum absolute atomic E-state index is 0.0453. The summed E-state index contributed by atoms with van der Waals surface area (Å²) in [5.74, 6) is -0.194. The molecule has 2 amide bonds. The van der Waals surface area contributed by atoms with E-state index in [9.17, 15) is 14.7 Å². The molecule has 0 aliphatic carbocycles. The largest absolute Gasteiger partial charge is 0.497 e. The summed E-state index contributed by atoms with van der Waals surface area (Å²) in [5, 5.41) is 20.9. The third-order valence-electron chi connectivity index (χ3n) is 4.37. The second-order valence-electron chi connectivity index (χ2n) is 6.39. The maximum Gasteiger partial charge on any atom is 0.262 e. The molecule has 0 saturated carbocycles. The number of azo groups is 1. The summed E-state index contributed by atoms with van der Waals surface area (Å²) in [6.07, 6.45) is -0.0453. The topological polar surface area (TPSA) is 128 Å². The summed E-state index contributed by atoms with van der Waals surface area (Å²) >= 11 is 1.06. The first kappa shape index (κ1) is 19.6. The molecule has 4 rings (SSSR count). The molecule has 2 aromatic carbocycles. The van der Waals surface area contributed by atoms with Crippen LogP contribution in [0.2, 0.25) is 0 Å². The molecule has 1 unspecified atom stereocenters. The molecule has 0 spiro atoms. The Bertz CT molecular complexity index is 1170. The van der Waals surface area contributed by atoms with Gasteiger partial charge in [0.05, 0.1) is 12.6 Å². The lowest BCUT2D eigenvalue weighted by molar-refractivity contribution is -0.121. The van der Waals surface area contributed by atoms with Gasteiger partial charge in [0.2, 0.25) is 17.0 Å². The number of aliphatic imine (C=N–C) groups is 1. The number of H-pyrrole nitrogens is 1. The maximum atomic E-state index is 12.3. The number of amides is 2. The molecule has 3 N–H and O–H groups in total. The van der Waals surface area contributed by atoms with E-state index in [0.717, 1.165) is 11.8 Å². The van der Waals surface area contributed by atoms with Gasteiger partial charge in [0.1, 0.15) is 11.0 Å². The number of para-hydroxylation sites is 1. The van der Waals surface area contributed by atoms with Crippen molar-refractivity contribution in [2.24, 2.45) is 15.2 Å². The smallest absolute Gasteiger partial charge is 0.262 e. The molecule has 152 valence electrons. The maximum absolute atomic E-state index is 12.3. The van der Waals surface area contributed by atoms with Gasteiger partial charge in [-0.1, -0.05) is 30.0 Å². The number of nitrogens with one attached hydrogen (secondary N) is 2. The van der Waals surface area contributed by atoms with Crippen molar-refractivity contribution in [2.45, 2.75) is 11.7 Å². The SMILES string of the molecule is COc1ccc(NC(=O)CC2SC(N=Nc3c(O)[nH]c4ccccc34)=NC2=O)cc1. The number of rotatable bonds is 5. The van der Waals surface area contributed by atoms with E-state index in [-0.39, 0.29) is 29.1 Å². The van der Waals surface area contributed by atoms with Gasteiger partial charge in [-0.3, -0.25) is 9.59 Å². The summed E-state index contributed by atoms with van der Waals surface area (Å²) in [7, 11) is 1.56. The Balaban J connectivity index is 1.38. The summed E-state index contributed by atoms with van der Waals surface area (Å²) in [5.41, 5.74) is 1.59. The number of nitrogens with zero attached hydrogens (tertiary/aromatic N) is 3. The van der Waals surface area contributed by atoms with Crippen molar-refractivity contribution in [3.8, 4) is 11.6 Å². The summed E-state index contributed by atoms with van der Waals surface area (Å²) < 4.78 is 5.08. The quantitative estimate of drug-likeness (QED) is 0.535. The Morgan fingerprint density at radius 1 is 1.23 bits per heavy atom. The average Bonchev–Trinajstić information content (AvgIpc) is 3.25. The Morgan fingerprint density at radius 2 is 2.00 bits per heavy atom. The second-order valence-corrected chi connectivity index (χ2v) is 7.56. The van der Waals surface area contributed by atoms with Gasteiger partial charge in [0.15, 0.2) is 5.69 Å². The highest BCUT2D eigenvalue weighted by Crippen LogP contribution is 2.36. The van der Waals surface area contributed by atoms with Crippen LogP contribution in [-0.4, -0.2) is 39.4 Å². The van der Waals surface area contributed by atoms with Gasteiger partial charge in [-0.05, 0) is 30.3 Å². The summed E-state index contributed by atoms with van der Waals surface area (Å²) in [6.45, 7) is 0. The number of aromatic nitrogens is 1. The van der Waals surface area contributed by atoms with E-state index in [0.29, 0.717) is 22.3 Å². The number of ether oxygens (including phenoxy) is 1. The Kier molecular flexibility index (Phi) is 5.48. The molecule has 1 aliphatic rings. The van der Waals surface area contributed by atoms with Crippen LogP contribution < -0.4 is 10.1 Å². The summed E-state index contributed by atoms with van der Waals surface area (Å²) in [4.78, 5) is 31.1. The number of carbonyl (C=O) groups excluding carboxylic acids is 2. The molecule has 0 bridgehead atoms. The first-order valence-corrected chi connectivity index (χ1v) is 9.86. The lowest BCUT2D eigenvalue weighted by Gasteiger charge is -2.08. The van der Waals surface area contributed by atoms with Crippen LogP contribution in [-0.2, 0) is 9.59 Å². The van der Waals surface area contributed by atoms with Crippen molar-refractivity contribution < 1.29 is 19.4 Å². The van der Waals surface area contributed by atoms with Gasteiger partial charge in [0, 0.05) is 17.5 Å². The number of carbonyl (C=O) groups is 2. The van der Waals surface area contributed by atoms with Gasteiger partial charge in [0.25, 0.3) is 5.91 Å². The van der Waals surface area contributed by atoms with Crippen LogP contribution in [0.25, 0.3) is 10.9 Å². The van der Waals surface area contributed by atoms with E-state index in [4.69, 9.17) is 4.74 Å². The molecule has 1 atom stereocenters. The zero-order chi connectivity index (χ0) is 21.1. The number of fused-ring (bicyclic) bond motifs is 1. The molecule has 30 heavy (non-hydrogen) atoms. The van der Waals surface area contributed by atoms with E-state index in [1.807, 2.05) is 12.1 Å². The molecule has 0 fully saturated rings. The summed E-state index contributed by atoms with van der Waals surface area (Å²) in [6, 6.07) is 14.1. The standard InChI is InChI=1S/C20H17N5O4S/c1-29-12-8-6-11(7-9-12)21-16(26)10-15-18(27)23-20(30-15)25-24-17-13-4-2-3-5-14(13)22-19(17)28/h2-9,15,22,28H,10H2,1H3,(H,21,26). The van der Waals surface area contributed by atoms with Crippen molar-refractivity contribution in [3.63, 3.8) is 0 Å². The predicted molar refractivity (Wildman–Crippen MR) is 115 cm³/mol. The van der Waals surface area contributed by atoms with Gasteiger partial charge in [-0.25, -0.2) is 0 Å². The Hall–Kier alpha value is -3.66. The fraction of sp³-hybridized carbons (Fsp3) is 0.150. The monoisotopic (exact) mass is 423 g/mol. The van der Waals surface area contributed by atoms with Crippen LogP contribution in [0.15, 0.2) is 63.8 Å². The molecule has 0 saturated heterocycles. The lowest BCUT2D eigenvalue weighted by Crippen LogP contribution is -2.21. The Labute approximate surface area is 175 Å². The first-order chi connectivity index (χ1) is 14.5. The fourth-order valence-electron chi connectivity index (χ4n) is 2.91. The third-order valence-corrected chi connectivity index (χ3v) is 5.41. The van der Waals surface area contributed by atoms with E-state index in [1.54, 1.807) is 43.5 Å². The molecule has 1 aromatic heterocycles. The highest BCUT2D eigenvalue weighted by atomic mass is 32.2. The van der Waals surface area contributed by atoms with Gasteiger partial charge < -0.3 is 20.1 Å². The van der Waals surface area contributed by atoms with Crippen LogP contribution >= 0.6 is 11.8 Å². The van der Waals surface area contributed by atoms with Crippen LogP contribution in [0.5, 0.6) is 11.6 Å². The number of thioether (sulfide) groups is 1. The molecule has 3 aromatic rings. The van der Waals surface area contributed by atoms with E-state index >= 15 is 0 Å². The van der Waals surface area contributed by atoms with Crippen LogP contribution in [0.4, 0.5) is 11.4 Å². The predicted octanol–water partition coefficient (Wildman–Crippen LogP) is 3.99. The van der Waals surface area contributed by atoms with Crippen molar-refractivity contribution in [2.75, 3.05) is 12.4 Å². The Morgan fingerprint density at radius 3 is 2.77 bits per heavy atom. The second kappa shape index (κ2) is 8.37. The molecule has 9 nitrogen and oxygen atoms in total.